The average molecular weight is 507 g/mol. The highest BCUT2D eigenvalue weighted by Gasteiger charge is 2.14. The van der Waals surface area contributed by atoms with Gasteiger partial charge in [-0.2, -0.15) is 5.10 Å². The Balaban J connectivity index is 1.56. The van der Waals surface area contributed by atoms with E-state index in [4.69, 9.17) is 0 Å². The first-order valence-electron chi connectivity index (χ1n) is 9.80. The molecule has 1 aromatic heterocycles. The maximum atomic E-state index is 13.2. The highest BCUT2D eigenvalue weighted by molar-refractivity contribution is 9.10. The number of hydrazone groups is 1. The van der Waals surface area contributed by atoms with Gasteiger partial charge in [0.1, 0.15) is 0 Å². The van der Waals surface area contributed by atoms with E-state index < -0.39 is 0 Å². The lowest BCUT2D eigenvalue weighted by Gasteiger charge is -2.13. The minimum atomic E-state index is -0.291. The number of carbonyl (C=O) groups excluding carboxylic acids is 1. The highest BCUT2D eigenvalue weighted by atomic mass is 79.9. The lowest BCUT2D eigenvalue weighted by Crippen LogP contribution is -2.24. The smallest absolute Gasteiger partial charge is 0.266 e. The van der Waals surface area contributed by atoms with Gasteiger partial charge in [0, 0.05) is 4.47 Å². The molecule has 160 valence electrons. The Morgan fingerprint density at radius 2 is 1.81 bits per heavy atom. The summed E-state index contributed by atoms with van der Waals surface area (Å²) in [6.07, 6.45) is 1.57. The molecule has 4 aromatic rings. The third kappa shape index (κ3) is 5.15. The number of carbonyl (C=O) groups is 1. The fraction of sp³-hybridized carbons (Fsp3) is 0.0833. The quantitative estimate of drug-likeness (QED) is 0.178. The van der Waals surface area contributed by atoms with Gasteiger partial charge in [-0.3, -0.25) is 14.2 Å². The summed E-state index contributed by atoms with van der Waals surface area (Å²) in [5, 5.41) is 4.98. The maximum Gasteiger partial charge on any atom is 0.266 e. The second kappa shape index (κ2) is 9.93. The predicted molar refractivity (Wildman–Crippen MR) is 133 cm³/mol. The van der Waals surface area contributed by atoms with Crippen LogP contribution < -0.4 is 11.0 Å². The van der Waals surface area contributed by atoms with Crippen molar-refractivity contribution in [3.63, 3.8) is 0 Å². The zero-order valence-electron chi connectivity index (χ0n) is 17.2. The molecule has 0 aliphatic rings. The number of rotatable bonds is 6. The molecule has 0 aliphatic carbocycles. The molecule has 1 amide bonds. The van der Waals surface area contributed by atoms with Crippen LogP contribution in [0.25, 0.3) is 16.6 Å². The summed E-state index contributed by atoms with van der Waals surface area (Å²) in [6.45, 7) is 1.99. The number of nitrogens with zero attached hydrogens (tertiary/aromatic N) is 3. The number of benzene rings is 3. The molecule has 1 heterocycles. The minimum Gasteiger partial charge on any atom is -0.272 e. The van der Waals surface area contributed by atoms with Crippen molar-refractivity contribution in [1.29, 1.82) is 0 Å². The Bertz CT molecular complexity index is 1350. The monoisotopic (exact) mass is 506 g/mol. The molecule has 8 heteroatoms. The van der Waals surface area contributed by atoms with E-state index in [9.17, 15) is 9.59 Å². The standard InChI is InChI=1S/C24H19BrN4O2S/c1-16-6-12-19(13-7-16)29-23(31)20-4-2-3-5-21(20)27-24(29)32-15-22(30)28-26-14-17-8-10-18(25)11-9-17/h2-14H,15H2,1H3,(H,28,30)/b26-14-. The first-order valence-corrected chi connectivity index (χ1v) is 11.6. The zero-order valence-corrected chi connectivity index (χ0v) is 19.6. The molecule has 0 spiro atoms. The Morgan fingerprint density at radius 3 is 2.56 bits per heavy atom. The molecule has 3 aromatic carbocycles. The highest BCUT2D eigenvalue weighted by Crippen LogP contribution is 2.21. The van der Waals surface area contributed by atoms with Gasteiger partial charge in [-0.15, -0.1) is 0 Å². The maximum absolute atomic E-state index is 13.2. The summed E-state index contributed by atoms with van der Waals surface area (Å²) < 4.78 is 2.52. The summed E-state index contributed by atoms with van der Waals surface area (Å²) >= 11 is 4.57. The van der Waals surface area contributed by atoms with Crippen molar-refractivity contribution < 1.29 is 4.79 Å². The third-order valence-electron chi connectivity index (χ3n) is 4.64. The first-order chi connectivity index (χ1) is 15.5. The van der Waals surface area contributed by atoms with E-state index >= 15 is 0 Å². The summed E-state index contributed by atoms with van der Waals surface area (Å²) in [7, 11) is 0. The van der Waals surface area contributed by atoms with Crippen LogP contribution in [0.1, 0.15) is 11.1 Å². The molecule has 32 heavy (non-hydrogen) atoms. The molecule has 0 aliphatic heterocycles. The van der Waals surface area contributed by atoms with Crippen molar-refractivity contribution in [2.24, 2.45) is 5.10 Å². The molecule has 4 rings (SSSR count). The molecule has 0 atom stereocenters. The summed E-state index contributed by atoms with van der Waals surface area (Å²) in [4.78, 5) is 30.2. The summed E-state index contributed by atoms with van der Waals surface area (Å²) in [5.74, 6) is -0.227. The first kappa shape index (κ1) is 22.0. The van der Waals surface area contributed by atoms with Crippen LogP contribution in [-0.4, -0.2) is 27.4 Å². The Morgan fingerprint density at radius 1 is 1.09 bits per heavy atom. The Kier molecular flexibility index (Phi) is 6.82. The molecule has 0 radical (unpaired) electrons. The number of hydrogen-bond acceptors (Lipinski definition) is 5. The van der Waals surface area contributed by atoms with Crippen LogP contribution >= 0.6 is 27.7 Å². The molecular formula is C24H19BrN4O2S. The van der Waals surface area contributed by atoms with E-state index in [1.165, 1.54) is 11.8 Å². The Hall–Kier alpha value is -3.23. The number of nitrogens with one attached hydrogen (secondary N) is 1. The molecule has 1 N–H and O–H groups in total. The zero-order chi connectivity index (χ0) is 22.5. The molecule has 0 saturated heterocycles. The lowest BCUT2D eigenvalue weighted by molar-refractivity contribution is -0.118. The Labute approximate surface area is 197 Å². The van der Waals surface area contributed by atoms with E-state index in [-0.39, 0.29) is 17.2 Å². The third-order valence-corrected chi connectivity index (χ3v) is 6.11. The van der Waals surface area contributed by atoms with E-state index in [0.29, 0.717) is 21.7 Å². The predicted octanol–water partition coefficient (Wildman–Crippen LogP) is 4.70. The van der Waals surface area contributed by atoms with E-state index in [1.807, 2.05) is 67.6 Å². The number of aryl methyl sites for hydroxylation is 1. The van der Waals surface area contributed by atoms with Gasteiger partial charge in [-0.1, -0.05) is 69.7 Å². The van der Waals surface area contributed by atoms with E-state index in [0.717, 1.165) is 15.6 Å². The van der Waals surface area contributed by atoms with Crippen LogP contribution in [0.5, 0.6) is 0 Å². The van der Waals surface area contributed by atoms with Gasteiger partial charge in [0.2, 0.25) is 0 Å². The van der Waals surface area contributed by atoms with Crippen LogP contribution in [0.4, 0.5) is 0 Å². The number of aromatic nitrogens is 2. The number of amides is 1. The van der Waals surface area contributed by atoms with Gasteiger partial charge >= 0.3 is 0 Å². The summed E-state index contributed by atoms with van der Waals surface area (Å²) in [5.41, 5.74) is 5.60. The van der Waals surface area contributed by atoms with Gasteiger partial charge in [0.25, 0.3) is 11.5 Å². The minimum absolute atomic E-state index is 0.0638. The van der Waals surface area contributed by atoms with Crippen molar-refractivity contribution in [3.8, 4) is 5.69 Å². The largest absolute Gasteiger partial charge is 0.272 e. The second-order valence-electron chi connectivity index (χ2n) is 7.02. The van der Waals surface area contributed by atoms with Crippen molar-refractivity contribution in [2.75, 3.05) is 5.75 Å². The van der Waals surface area contributed by atoms with Crippen molar-refractivity contribution in [3.05, 3.63) is 98.7 Å². The van der Waals surface area contributed by atoms with Gasteiger partial charge in [-0.25, -0.2) is 10.4 Å². The fourth-order valence-electron chi connectivity index (χ4n) is 3.02. The van der Waals surface area contributed by atoms with Gasteiger partial charge in [0.15, 0.2) is 5.16 Å². The average Bonchev–Trinajstić information content (AvgIpc) is 2.80. The molecule has 0 bridgehead atoms. The number of para-hydroxylation sites is 1. The fourth-order valence-corrected chi connectivity index (χ4v) is 4.09. The SMILES string of the molecule is Cc1ccc(-n2c(SCC(=O)N/N=C\c3ccc(Br)cc3)nc3ccccc3c2=O)cc1. The van der Waals surface area contributed by atoms with Gasteiger partial charge in [-0.05, 0) is 48.9 Å². The van der Waals surface area contributed by atoms with Gasteiger partial charge in [0.05, 0.1) is 28.6 Å². The van der Waals surface area contributed by atoms with Crippen LogP contribution in [-0.2, 0) is 4.79 Å². The number of fused-ring (bicyclic) bond motifs is 1. The molecule has 6 nitrogen and oxygen atoms in total. The van der Waals surface area contributed by atoms with E-state index in [1.54, 1.807) is 22.9 Å². The van der Waals surface area contributed by atoms with E-state index in [2.05, 4.69) is 31.4 Å². The molecule has 0 saturated carbocycles. The van der Waals surface area contributed by atoms with Gasteiger partial charge < -0.3 is 0 Å². The summed E-state index contributed by atoms with van der Waals surface area (Å²) in [6, 6.07) is 22.4. The van der Waals surface area contributed by atoms with Crippen molar-refractivity contribution in [2.45, 2.75) is 12.1 Å². The van der Waals surface area contributed by atoms with Crippen molar-refractivity contribution >= 4 is 50.7 Å². The number of halogens is 1. The molecule has 0 fully saturated rings. The normalized spacial score (nSPS) is 11.2. The van der Waals surface area contributed by atoms with Crippen LogP contribution in [0.15, 0.2) is 92.3 Å². The second-order valence-corrected chi connectivity index (χ2v) is 8.88. The van der Waals surface area contributed by atoms with Crippen molar-refractivity contribution in [1.82, 2.24) is 15.0 Å². The molecular weight excluding hydrogens is 488 g/mol. The van der Waals surface area contributed by atoms with Crippen LogP contribution in [0.3, 0.4) is 0 Å². The van der Waals surface area contributed by atoms with Crippen LogP contribution in [0.2, 0.25) is 0 Å². The lowest BCUT2D eigenvalue weighted by atomic mass is 10.2. The number of hydrogen-bond donors (Lipinski definition) is 1. The number of thioether (sulfide) groups is 1. The van der Waals surface area contributed by atoms with Crippen LogP contribution in [0, 0.1) is 6.92 Å². The topological polar surface area (TPSA) is 76.3 Å². The molecule has 0 unspecified atom stereocenters.